The average Bonchev–Trinajstić information content (AvgIpc) is 2.55. The standard InChI is InChI=1S/C17H22N2O2S/c1-17(12-8-7-11-13-9-5-4-6-10-13)14(20)18(2)16(22)19(3)15(17)21/h4-6,9-10H,7-8,11-12H2,1-3H3. The molecule has 0 N–H and O–H groups in total. The molecule has 0 radical (unpaired) electrons. The number of hydrogen-bond acceptors (Lipinski definition) is 3. The van der Waals surface area contributed by atoms with Crippen molar-refractivity contribution >= 4 is 29.1 Å². The van der Waals surface area contributed by atoms with E-state index >= 15 is 0 Å². The first-order chi connectivity index (χ1) is 10.4. The van der Waals surface area contributed by atoms with Gasteiger partial charge in [-0.25, -0.2) is 0 Å². The largest absolute Gasteiger partial charge is 0.291 e. The number of carbonyl (C=O) groups is 2. The van der Waals surface area contributed by atoms with E-state index in [0.717, 1.165) is 19.3 Å². The quantitative estimate of drug-likeness (QED) is 0.476. The van der Waals surface area contributed by atoms with Gasteiger partial charge in [0.25, 0.3) is 0 Å². The summed E-state index contributed by atoms with van der Waals surface area (Å²) in [6, 6.07) is 10.2. The molecule has 0 unspecified atom stereocenters. The molecule has 0 aromatic heterocycles. The highest BCUT2D eigenvalue weighted by atomic mass is 32.1. The van der Waals surface area contributed by atoms with Crippen LogP contribution >= 0.6 is 12.2 Å². The lowest BCUT2D eigenvalue weighted by atomic mass is 9.80. The lowest BCUT2D eigenvalue weighted by molar-refractivity contribution is -0.154. The van der Waals surface area contributed by atoms with E-state index in [1.165, 1.54) is 15.4 Å². The molecular weight excluding hydrogens is 296 g/mol. The first-order valence-corrected chi connectivity index (χ1v) is 7.93. The topological polar surface area (TPSA) is 40.6 Å². The van der Waals surface area contributed by atoms with Crippen molar-refractivity contribution < 1.29 is 9.59 Å². The fourth-order valence-electron chi connectivity index (χ4n) is 2.90. The number of amides is 2. The molecule has 1 fully saturated rings. The molecule has 0 saturated carbocycles. The third-order valence-electron chi connectivity index (χ3n) is 4.36. The van der Waals surface area contributed by atoms with Gasteiger partial charge in [-0.1, -0.05) is 36.8 Å². The molecule has 5 heteroatoms. The maximum Gasteiger partial charge on any atom is 0.243 e. The van der Waals surface area contributed by atoms with Crippen LogP contribution in [0, 0.1) is 5.41 Å². The van der Waals surface area contributed by atoms with E-state index in [-0.39, 0.29) is 16.9 Å². The van der Waals surface area contributed by atoms with Crippen LogP contribution in [0.25, 0.3) is 0 Å². The van der Waals surface area contributed by atoms with Gasteiger partial charge >= 0.3 is 0 Å². The number of aryl methyl sites for hydroxylation is 1. The van der Waals surface area contributed by atoms with Gasteiger partial charge in [-0.2, -0.15) is 0 Å². The molecule has 1 aliphatic rings. The molecule has 2 rings (SSSR count). The molecule has 0 spiro atoms. The highest BCUT2D eigenvalue weighted by Gasteiger charge is 2.49. The number of carbonyl (C=O) groups excluding carboxylic acids is 2. The molecule has 1 aromatic rings. The molecule has 2 amide bonds. The highest BCUT2D eigenvalue weighted by Crippen LogP contribution is 2.33. The molecule has 1 aromatic carbocycles. The Morgan fingerprint density at radius 3 is 2.09 bits per heavy atom. The van der Waals surface area contributed by atoms with Gasteiger partial charge in [-0.05, 0) is 44.0 Å². The van der Waals surface area contributed by atoms with E-state index in [2.05, 4.69) is 12.1 Å². The molecule has 0 atom stereocenters. The van der Waals surface area contributed by atoms with Crippen LogP contribution in [0.15, 0.2) is 30.3 Å². The number of hydrogen-bond donors (Lipinski definition) is 0. The second-order valence-electron chi connectivity index (χ2n) is 6.04. The normalized spacial score (nSPS) is 18.0. The van der Waals surface area contributed by atoms with Crippen molar-refractivity contribution in [3.63, 3.8) is 0 Å². The van der Waals surface area contributed by atoms with Gasteiger partial charge in [0.15, 0.2) is 5.11 Å². The SMILES string of the molecule is CN1C(=O)C(C)(CCCCc2ccccc2)C(=O)N(C)C1=S. The van der Waals surface area contributed by atoms with E-state index in [4.69, 9.17) is 12.2 Å². The Hall–Kier alpha value is -1.75. The number of nitrogens with zero attached hydrogens (tertiary/aromatic N) is 2. The fourth-order valence-corrected chi connectivity index (χ4v) is 3.06. The summed E-state index contributed by atoms with van der Waals surface area (Å²) in [4.78, 5) is 27.8. The van der Waals surface area contributed by atoms with Crippen molar-refractivity contribution in [1.82, 2.24) is 9.80 Å². The van der Waals surface area contributed by atoms with Crippen molar-refractivity contribution in [2.75, 3.05) is 14.1 Å². The summed E-state index contributed by atoms with van der Waals surface area (Å²) < 4.78 is 0. The summed E-state index contributed by atoms with van der Waals surface area (Å²) in [6.45, 7) is 1.73. The third-order valence-corrected chi connectivity index (χ3v) is 4.91. The van der Waals surface area contributed by atoms with Crippen LogP contribution in [-0.4, -0.2) is 40.8 Å². The van der Waals surface area contributed by atoms with E-state index in [0.29, 0.717) is 6.42 Å². The minimum absolute atomic E-state index is 0.194. The van der Waals surface area contributed by atoms with Crippen molar-refractivity contribution in [3.05, 3.63) is 35.9 Å². The maximum atomic E-state index is 12.5. The maximum absolute atomic E-state index is 12.5. The van der Waals surface area contributed by atoms with Crippen molar-refractivity contribution in [3.8, 4) is 0 Å². The summed E-state index contributed by atoms with van der Waals surface area (Å²) in [6.07, 6.45) is 3.30. The van der Waals surface area contributed by atoms with Gasteiger partial charge in [-0.15, -0.1) is 0 Å². The van der Waals surface area contributed by atoms with Crippen molar-refractivity contribution in [1.29, 1.82) is 0 Å². The molecule has 0 bridgehead atoms. The molecule has 1 heterocycles. The predicted octanol–water partition coefficient (Wildman–Crippen LogP) is 2.62. The Morgan fingerprint density at radius 1 is 1.00 bits per heavy atom. The molecule has 0 aliphatic carbocycles. The molecule has 118 valence electrons. The Kier molecular flexibility index (Phi) is 4.96. The molecule has 1 aliphatic heterocycles. The van der Waals surface area contributed by atoms with Crippen molar-refractivity contribution in [2.45, 2.75) is 32.6 Å². The third kappa shape index (κ3) is 3.04. The summed E-state index contributed by atoms with van der Waals surface area (Å²) in [5.41, 5.74) is 0.284. The van der Waals surface area contributed by atoms with Gasteiger partial charge in [0.2, 0.25) is 11.8 Å². The van der Waals surface area contributed by atoms with E-state index in [1.54, 1.807) is 21.0 Å². The van der Waals surface area contributed by atoms with Gasteiger partial charge in [-0.3, -0.25) is 19.4 Å². The van der Waals surface area contributed by atoms with Gasteiger partial charge < -0.3 is 0 Å². The first-order valence-electron chi connectivity index (χ1n) is 7.52. The minimum atomic E-state index is -0.998. The van der Waals surface area contributed by atoms with Gasteiger partial charge in [0.1, 0.15) is 5.41 Å². The number of thiocarbonyl (C=S) groups is 1. The van der Waals surface area contributed by atoms with E-state index < -0.39 is 5.41 Å². The Balaban J connectivity index is 1.96. The van der Waals surface area contributed by atoms with Crippen LogP contribution in [-0.2, 0) is 16.0 Å². The summed E-state index contributed by atoms with van der Waals surface area (Å²) in [5.74, 6) is -0.388. The molecule has 22 heavy (non-hydrogen) atoms. The second-order valence-corrected chi connectivity index (χ2v) is 6.40. The highest BCUT2D eigenvalue weighted by molar-refractivity contribution is 7.80. The Labute approximate surface area is 137 Å². The minimum Gasteiger partial charge on any atom is -0.291 e. The lowest BCUT2D eigenvalue weighted by Crippen LogP contribution is -2.61. The zero-order chi connectivity index (χ0) is 16.3. The van der Waals surface area contributed by atoms with Crippen molar-refractivity contribution in [2.24, 2.45) is 5.41 Å². The molecule has 4 nitrogen and oxygen atoms in total. The molecule has 1 saturated heterocycles. The van der Waals surface area contributed by atoms with E-state index in [1.807, 2.05) is 18.2 Å². The van der Waals surface area contributed by atoms with Crippen LogP contribution in [0.4, 0.5) is 0 Å². The van der Waals surface area contributed by atoms with Crippen LogP contribution in [0.2, 0.25) is 0 Å². The van der Waals surface area contributed by atoms with Crippen LogP contribution in [0.1, 0.15) is 31.7 Å². The predicted molar refractivity (Wildman–Crippen MR) is 90.2 cm³/mol. The monoisotopic (exact) mass is 318 g/mol. The second kappa shape index (κ2) is 6.57. The zero-order valence-corrected chi connectivity index (χ0v) is 14.2. The van der Waals surface area contributed by atoms with Gasteiger partial charge in [0.05, 0.1) is 0 Å². The van der Waals surface area contributed by atoms with Crippen LogP contribution < -0.4 is 0 Å². The average molecular weight is 318 g/mol. The number of rotatable bonds is 5. The van der Waals surface area contributed by atoms with Gasteiger partial charge in [0, 0.05) is 14.1 Å². The number of benzene rings is 1. The lowest BCUT2D eigenvalue weighted by Gasteiger charge is -2.41. The molecular formula is C17H22N2O2S. The summed E-state index contributed by atoms with van der Waals surface area (Å²) >= 11 is 5.12. The zero-order valence-electron chi connectivity index (χ0n) is 13.3. The number of unbranched alkanes of at least 4 members (excludes halogenated alkanes) is 1. The van der Waals surface area contributed by atoms with Crippen LogP contribution in [0.3, 0.4) is 0 Å². The first kappa shape index (κ1) is 16.6. The smallest absolute Gasteiger partial charge is 0.243 e. The Morgan fingerprint density at radius 2 is 1.55 bits per heavy atom. The Bertz CT molecular complexity index is 562. The van der Waals surface area contributed by atoms with Crippen LogP contribution in [0.5, 0.6) is 0 Å². The fraction of sp³-hybridized carbons (Fsp3) is 0.471. The summed E-state index contributed by atoms with van der Waals surface area (Å²) in [7, 11) is 3.27. The van der Waals surface area contributed by atoms with E-state index in [9.17, 15) is 9.59 Å². The summed E-state index contributed by atoms with van der Waals surface area (Å²) in [5, 5.41) is 0.275.